The molecule has 3 unspecified atom stereocenters. The molecule has 0 saturated carbocycles. The molecule has 1 aromatic rings. The van der Waals surface area contributed by atoms with Crippen molar-refractivity contribution in [2.24, 2.45) is 0 Å². The number of amides is 2. The van der Waals surface area contributed by atoms with Crippen LogP contribution in [-0.2, 0) is 16.0 Å². The first-order valence-corrected chi connectivity index (χ1v) is 14.1. The molecule has 0 bridgehead atoms. The third-order valence-electron chi connectivity index (χ3n) is 7.28. The van der Waals surface area contributed by atoms with E-state index in [1.165, 1.54) is 12.5 Å². The van der Waals surface area contributed by atoms with Gasteiger partial charge in [-0.15, -0.1) is 0 Å². The second-order valence-electron chi connectivity index (χ2n) is 10.2. The molecule has 10 heteroatoms. The van der Waals surface area contributed by atoms with E-state index < -0.39 is 4.75 Å². The molecule has 3 rings (SSSR count). The Balaban J connectivity index is 0.000000432. The fraction of sp³-hybridized carbons (Fsp3) is 0.679. The summed E-state index contributed by atoms with van der Waals surface area (Å²) in [5.74, 6) is -0.0672. The maximum absolute atomic E-state index is 12.4. The van der Waals surface area contributed by atoms with Crippen molar-refractivity contribution < 1.29 is 14.7 Å². The van der Waals surface area contributed by atoms with Gasteiger partial charge in [-0.3, -0.25) is 9.59 Å². The van der Waals surface area contributed by atoms with Gasteiger partial charge in [-0.2, -0.15) is 17.9 Å². The molecule has 2 amide bonds. The SMILES string of the molecule is CCCC(CO)NC(C)=O.CCN1C(=O)C(S)(CNc2ccc(CCN3CCN(C)CC3)cc2)C1CC#N. The van der Waals surface area contributed by atoms with Crippen LogP contribution in [0.15, 0.2) is 24.3 Å². The van der Waals surface area contributed by atoms with Crippen LogP contribution >= 0.6 is 12.6 Å². The van der Waals surface area contributed by atoms with Crippen LogP contribution in [0.1, 0.15) is 45.6 Å². The number of piperazine rings is 1. The molecule has 9 nitrogen and oxygen atoms in total. The van der Waals surface area contributed by atoms with E-state index in [1.54, 1.807) is 4.90 Å². The number of carbonyl (C=O) groups is 2. The second-order valence-corrected chi connectivity index (χ2v) is 11.0. The fourth-order valence-corrected chi connectivity index (χ4v) is 5.32. The van der Waals surface area contributed by atoms with Gasteiger partial charge in [0.2, 0.25) is 11.8 Å². The van der Waals surface area contributed by atoms with E-state index in [-0.39, 0.29) is 30.5 Å². The molecule has 0 aliphatic carbocycles. The van der Waals surface area contributed by atoms with Crippen LogP contribution in [0.5, 0.6) is 0 Å². The maximum Gasteiger partial charge on any atom is 0.242 e. The molecule has 2 aliphatic rings. The number of likely N-dealkylation sites (N-methyl/N-ethyl adjacent to an activating group) is 1. The topological polar surface area (TPSA) is 112 Å². The molecule has 2 fully saturated rings. The van der Waals surface area contributed by atoms with Crippen molar-refractivity contribution in [2.45, 2.75) is 63.3 Å². The highest BCUT2D eigenvalue weighted by molar-refractivity contribution is 7.83. The Morgan fingerprint density at radius 3 is 2.42 bits per heavy atom. The van der Waals surface area contributed by atoms with Crippen LogP contribution in [0.4, 0.5) is 5.69 Å². The van der Waals surface area contributed by atoms with Crippen LogP contribution in [0.25, 0.3) is 0 Å². The van der Waals surface area contributed by atoms with Gasteiger partial charge in [0.05, 0.1) is 31.2 Å². The smallest absolute Gasteiger partial charge is 0.242 e. The van der Waals surface area contributed by atoms with Crippen molar-refractivity contribution in [3.8, 4) is 6.07 Å². The lowest BCUT2D eigenvalue weighted by Gasteiger charge is -2.52. The number of anilines is 1. The molecule has 2 saturated heterocycles. The van der Waals surface area contributed by atoms with Crippen molar-refractivity contribution in [2.75, 3.05) is 64.8 Å². The normalized spacial score (nSPS) is 22.5. The Morgan fingerprint density at radius 1 is 1.24 bits per heavy atom. The standard InChI is InChI=1S/C21H31N5OS.C7H15NO2/c1-3-26-19(8-10-22)21(28,20(26)27)16-23-18-6-4-17(5-7-18)9-11-25-14-12-24(2)13-15-25;1-3-4-7(5-9)8-6(2)10/h4-7,19,23,28H,3,8-9,11-16H2,1-2H3;7,9H,3-5H2,1-2H3,(H,8,10). The number of hydrogen-bond acceptors (Lipinski definition) is 8. The van der Waals surface area contributed by atoms with Gasteiger partial charge >= 0.3 is 0 Å². The summed E-state index contributed by atoms with van der Waals surface area (Å²) in [5, 5.41) is 23.7. The molecular formula is C28H46N6O3S. The highest BCUT2D eigenvalue weighted by Gasteiger charge is 2.57. The van der Waals surface area contributed by atoms with E-state index in [0.717, 1.165) is 57.7 Å². The quantitative estimate of drug-likeness (QED) is 0.234. The van der Waals surface area contributed by atoms with E-state index in [9.17, 15) is 9.59 Å². The minimum atomic E-state index is -0.800. The summed E-state index contributed by atoms with van der Waals surface area (Å²) in [6, 6.07) is 10.4. The van der Waals surface area contributed by atoms with E-state index >= 15 is 0 Å². The highest BCUT2D eigenvalue weighted by atomic mass is 32.1. The number of β-lactam (4-membered cyclic amide) rings is 1. The zero-order valence-corrected chi connectivity index (χ0v) is 24.3. The lowest BCUT2D eigenvalue weighted by atomic mass is 9.84. The third-order valence-corrected chi connectivity index (χ3v) is 7.92. The minimum Gasteiger partial charge on any atom is -0.394 e. The van der Waals surface area contributed by atoms with Gasteiger partial charge in [0.1, 0.15) is 4.75 Å². The van der Waals surface area contributed by atoms with Crippen molar-refractivity contribution in [1.29, 1.82) is 5.26 Å². The maximum atomic E-state index is 12.4. The first-order chi connectivity index (χ1) is 18.2. The number of carbonyl (C=O) groups excluding carboxylic acids is 2. The lowest BCUT2D eigenvalue weighted by Crippen LogP contribution is -2.73. The first kappa shape index (κ1) is 31.9. The molecule has 0 aromatic heterocycles. The van der Waals surface area contributed by atoms with E-state index in [2.05, 4.69) is 70.4 Å². The predicted molar refractivity (Wildman–Crippen MR) is 155 cm³/mol. The van der Waals surface area contributed by atoms with Crippen molar-refractivity contribution in [3.63, 3.8) is 0 Å². The van der Waals surface area contributed by atoms with Gasteiger partial charge in [0.25, 0.3) is 0 Å². The Morgan fingerprint density at radius 2 is 1.89 bits per heavy atom. The van der Waals surface area contributed by atoms with Crippen molar-refractivity contribution in [3.05, 3.63) is 29.8 Å². The van der Waals surface area contributed by atoms with Crippen LogP contribution in [-0.4, -0.2) is 108 Å². The predicted octanol–water partition coefficient (Wildman–Crippen LogP) is 1.98. The number of nitrogens with zero attached hydrogens (tertiary/aromatic N) is 4. The van der Waals surface area contributed by atoms with E-state index in [1.807, 2.05) is 13.8 Å². The molecule has 0 radical (unpaired) electrons. The number of nitrogens with one attached hydrogen (secondary N) is 2. The van der Waals surface area contributed by atoms with E-state index in [0.29, 0.717) is 19.5 Å². The van der Waals surface area contributed by atoms with Crippen LogP contribution in [0.3, 0.4) is 0 Å². The van der Waals surface area contributed by atoms with Gasteiger partial charge in [-0.1, -0.05) is 25.5 Å². The molecular weight excluding hydrogens is 500 g/mol. The Labute approximate surface area is 233 Å². The number of hydrogen-bond donors (Lipinski definition) is 4. The van der Waals surface area contributed by atoms with Crippen LogP contribution in [0, 0.1) is 11.3 Å². The molecule has 3 atom stereocenters. The molecule has 212 valence electrons. The number of thiol groups is 1. The molecule has 38 heavy (non-hydrogen) atoms. The number of benzene rings is 1. The third kappa shape index (κ3) is 9.16. The summed E-state index contributed by atoms with van der Waals surface area (Å²) in [5.41, 5.74) is 2.31. The van der Waals surface area contributed by atoms with Gasteiger partial charge in [0, 0.05) is 58.4 Å². The first-order valence-electron chi connectivity index (χ1n) is 13.7. The van der Waals surface area contributed by atoms with Gasteiger partial charge in [-0.25, -0.2) is 0 Å². The summed E-state index contributed by atoms with van der Waals surface area (Å²) in [6.45, 7) is 12.2. The molecule has 2 heterocycles. The number of aliphatic hydroxyl groups excluding tert-OH is 1. The zero-order chi connectivity index (χ0) is 28.1. The number of likely N-dealkylation sites (tertiary alicyclic amines) is 1. The van der Waals surface area contributed by atoms with Gasteiger partial charge in [-0.05, 0) is 44.5 Å². The summed E-state index contributed by atoms with van der Waals surface area (Å²) in [4.78, 5) is 29.5. The minimum absolute atomic E-state index is 0.00915. The summed E-state index contributed by atoms with van der Waals surface area (Å²) in [7, 11) is 2.18. The number of rotatable bonds is 12. The summed E-state index contributed by atoms with van der Waals surface area (Å²) in [6.07, 6.45) is 3.19. The Hall–Kier alpha value is -2.32. The van der Waals surface area contributed by atoms with Crippen molar-refractivity contribution in [1.82, 2.24) is 20.0 Å². The highest BCUT2D eigenvalue weighted by Crippen LogP contribution is 2.38. The molecule has 3 N–H and O–H groups in total. The lowest BCUT2D eigenvalue weighted by molar-refractivity contribution is -0.150. The molecule has 1 aromatic carbocycles. The largest absolute Gasteiger partial charge is 0.394 e. The molecule has 2 aliphatic heterocycles. The van der Waals surface area contributed by atoms with Gasteiger partial charge < -0.3 is 30.4 Å². The van der Waals surface area contributed by atoms with Gasteiger partial charge in [0.15, 0.2) is 0 Å². The van der Waals surface area contributed by atoms with Crippen LogP contribution in [0.2, 0.25) is 0 Å². The monoisotopic (exact) mass is 546 g/mol. The average molecular weight is 547 g/mol. The summed E-state index contributed by atoms with van der Waals surface area (Å²) < 4.78 is -0.800. The summed E-state index contributed by atoms with van der Waals surface area (Å²) >= 11 is 4.65. The van der Waals surface area contributed by atoms with E-state index in [4.69, 9.17) is 10.4 Å². The fourth-order valence-electron chi connectivity index (χ4n) is 4.88. The van der Waals surface area contributed by atoms with Crippen molar-refractivity contribution >= 4 is 30.1 Å². The number of nitriles is 1. The average Bonchev–Trinajstić information content (AvgIpc) is 2.91. The second kappa shape index (κ2) is 15.9. The van der Waals surface area contributed by atoms with Crippen LogP contribution < -0.4 is 10.6 Å². The molecule has 0 spiro atoms. The number of aliphatic hydroxyl groups is 1. The Kier molecular flexibility index (Phi) is 13.4. The Bertz CT molecular complexity index is 916. The zero-order valence-electron chi connectivity index (χ0n) is 23.4.